The van der Waals surface area contributed by atoms with Crippen molar-refractivity contribution in [1.82, 2.24) is 10.6 Å². The molecule has 0 aliphatic rings. The second-order valence-corrected chi connectivity index (χ2v) is 8.88. The standard InChI is InChI=1S/C26H25Cl2N3O3/c1-15-4-13-22(16(2)14-15)25(33)31-23(18-5-7-19(27)8-6-18)26(34)29-17(3)24(32)30-21-11-9-20(28)10-12-21/h4-14,17,23H,1-3H3,(H,29,34)(H,30,32)(H,31,33)/t17?,23-/m0/s1. The van der Waals surface area contributed by atoms with Gasteiger partial charge in [0, 0.05) is 21.3 Å². The van der Waals surface area contributed by atoms with Gasteiger partial charge >= 0.3 is 0 Å². The molecule has 3 aromatic rings. The van der Waals surface area contributed by atoms with E-state index in [4.69, 9.17) is 23.2 Å². The monoisotopic (exact) mass is 497 g/mol. The van der Waals surface area contributed by atoms with Gasteiger partial charge in [-0.25, -0.2) is 0 Å². The number of benzene rings is 3. The van der Waals surface area contributed by atoms with Crippen molar-refractivity contribution in [3.8, 4) is 0 Å². The van der Waals surface area contributed by atoms with Crippen LogP contribution in [0.25, 0.3) is 0 Å². The molecular formula is C26H25Cl2N3O3. The first-order chi connectivity index (χ1) is 16.1. The van der Waals surface area contributed by atoms with E-state index in [0.29, 0.717) is 26.9 Å². The zero-order valence-corrected chi connectivity index (χ0v) is 20.5. The van der Waals surface area contributed by atoms with Gasteiger partial charge in [-0.15, -0.1) is 0 Å². The molecule has 8 heteroatoms. The molecule has 3 N–H and O–H groups in total. The molecular weight excluding hydrogens is 473 g/mol. The maximum absolute atomic E-state index is 13.2. The van der Waals surface area contributed by atoms with Crippen LogP contribution in [0.2, 0.25) is 10.0 Å². The normalized spacial score (nSPS) is 12.4. The molecule has 0 radical (unpaired) electrons. The van der Waals surface area contributed by atoms with Gasteiger partial charge in [-0.2, -0.15) is 0 Å². The second-order valence-electron chi connectivity index (χ2n) is 8.00. The molecule has 0 aliphatic carbocycles. The zero-order valence-electron chi connectivity index (χ0n) is 19.0. The minimum Gasteiger partial charge on any atom is -0.342 e. The molecule has 2 atom stereocenters. The summed E-state index contributed by atoms with van der Waals surface area (Å²) in [6.45, 7) is 5.34. The van der Waals surface area contributed by atoms with Gasteiger partial charge in [0.05, 0.1) is 0 Å². The van der Waals surface area contributed by atoms with Crippen molar-refractivity contribution in [3.63, 3.8) is 0 Å². The molecule has 3 rings (SSSR count). The quantitative estimate of drug-likeness (QED) is 0.417. The van der Waals surface area contributed by atoms with E-state index in [0.717, 1.165) is 11.1 Å². The highest BCUT2D eigenvalue weighted by Gasteiger charge is 2.27. The van der Waals surface area contributed by atoms with E-state index in [9.17, 15) is 14.4 Å². The molecule has 1 unspecified atom stereocenters. The summed E-state index contributed by atoms with van der Waals surface area (Å²) in [6, 6.07) is 16.8. The highest BCUT2D eigenvalue weighted by atomic mass is 35.5. The molecule has 0 fully saturated rings. The van der Waals surface area contributed by atoms with E-state index < -0.39 is 29.8 Å². The Bertz CT molecular complexity index is 1190. The van der Waals surface area contributed by atoms with Crippen LogP contribution in [0.5, 0.6) is 0 Å². The molecule has 0 saturated carbocycles. The summed E-state index contributed by atoms with van der Waals surface area (Å²) in [5.41, 5.74) is 3.37. The van der Waals surface area contributed by atoms with Gasteiger partial charge in [-0.1, -0.05) is 53.0 Å². The smallest absolute Gasteiger partial charge is 0.252 e. The molecule has 6 nitrogen and oxygen atoms in total. The summed E-state index contributed by atoms with van der Waals surface area (Å²) in [6.07, 6.45) is 0. The topological polar surface area (TPSA) is 87.3 Å². The van der Waals surface area contributed by atoms with Crippen LogP contribution in [0.3, 0.4) is 0 Å². The second kappa shape index (κ2) is 11.2. The van der Waals surface area contributed by atoms with E-state index >= 15 is 0 Å². The predicted octanol–water partition coefficient (Wildman–Crippen LogP) is 5.22. The molecule has 0 heterocycles. The van der Waals surface area contributed by atoms with E-state index in [1.54, 1.807) is 61.5 Å². The third kappa shape index (κ3) is 6.59. The summed E-state index contributed by atoms with van der Waals surface area (Å²) in [5, 5.41) is 9.24. The molecule has 0 aromatic heterocycles. The highest BCUT2D eigenvalue weighted by Crippen LogP contribution is 2.19. The number of carbonyl (C=O) groups is 3. The number of carbonyl (C=O) groups excluding carboxylic acids is 3. The number of hydrogen-bond acceptors (Lipinski definition) is 3. The third-order valence-electron chi connectivity index (χ3n) is 5.23. The maximum Gasteiger partial charge on any atom is 0.252 e. The minimum atomic E-state index is -1.03. The van der Waals surface area contributed by atoms with E-state index in [2.05, 4.69) is 16.0 Å². The molecule has 0 spiro atoms. The Morgan fingerprint density at radius 1 is 0.765 bits per heavy atom. The van der Waals surface area contributed by atoms with Crippen molar-refractivity contribution in [2.24, 2.45) is 0 Å². The Labute approximate surface area is 208 Å². The van der Waals surface area contributed by atoms with Gasteiger partial charge in [0.2, 0.25) is 11.8 Å². The van der Waals surface area contributed by atoms with E-state index in [-0.39, 0.29) is 0 Å². The highest BCUT2D eigenvalue weighted by molar-refractivity contribution is 6.30. The number of rotatable bonds is 7. The van der Waals surface area contributed by atoms with Crippen LogP contribution < -0.4 is 16.0 Å². The Balaban J connectivity index is 1.77. The molecule has 0 aliphatic heterocycles. The van der Waals surface area contributed by atoms with Crippen molar-refractivity contribution in [3.05, 3.63) is 99.0 Å². The van der Waals surface area contributed by atoms with Crippen LogP contribution in [0.1, 0.15) is 40.0 Å². The first kappa shape index (κ1) is 25.3. The Hall–Kier alpha value is -3.35. The Morgan fingerprint density at radius 3 is 1.94 bits per heavy atom. The zero-order chi connectivity index (χ0) is 24.8. The van der Waals surface area contributed by atoms with Crippen LogP contribution in [0.4, 0.5) is 5.69 Å². The van der Waals surface area contributed by atoms with Crippen LogP contribution in [0, 0.1) is 13.8 Å². The Morgan fingerprint density at radius 2 is 1.35 bits per heavy atom. The third-order valence-corrected chi connectivity index (χ3v) is 5.74. The molecule has 3 amide bonds. The lowest BCUT2D eigenvalue weighted by atomic mass is 10.0. The average molecular weight is 498 g/mol. The first-order valence-electron chi connectivity index (χ1n) is 10.6. The minimum absolute atomic E-state index is 0.397. The number of nitrogens with one attached hydrogen (secondary N) is 3. The molecule has 34 heavy (non-hydrogen) atoms. The van der Waals surface area contributed by atoms with Crippen LogP contribution in [-0.2, 0) is 9.59 Å². The van der Waals surface area contributed by atoms with E-state index in [1.165, 1.54) is 0 Å². The van der Waals surface area contributed by atoms with Crippen LogP contribution in [0.15, 0.2) is 66.7 Å². The van der Waals surface area contributed by atoms with Gasteiger partial charge in [-0.05, 0) is 74.4 Å². The fourth-order valence-electron chi connectivity index (χ4n) is 3.38. The molecule has 3 aromatic carbocycles. The fourth-order valence-corrected chi connectivity index (χ4v) is 3.63. The maximum atomic E-state index is 13.2. The number of aryl methyl sites for hydroxylation is 2. The number of anilines is 1. The summed E-state index contributed by atoms with van der Waals surface area (Å²) in [4.78, 5) is 38.8. The van der Waals surface area contributed by atoms with Crippen LogP contribution in [-0.4, -0.2) is 23.8 Å². The summed E-state index contributed by atoms with van der Waals surface area (Å²) in [7, 11) is 0. The van der Waals surface area contributed by atoms with Gasteiger partial charge in [-0.3, -0.25) is 14.4 Å². The predicted molar refractivity (Wildman–Crippen MR) is 135 cm³/mol. The van der Waals surface area contributed by atoms with Crippen molar-refractivity contribution < 1.29 is 14.4 Å². The lowest BCUT2D eigenvalue weighted by Crippen LogP contribution is -2.47. The SMILES string of the molecule is Cc1ccc(C(=O)N[C@H](C(=O)NC(C)C(=O)Nc2ccc(Cl)cc2)c2ccc(Cl)cc2)c(C)c1. The number of halogens is 2. The largest absolute Gasteiger partial charge is 0.342 e. The van der Waals surface area contributed by atoms with Crippen LogP contribution >= 0.6 is 23.2 Å². The fraction of sp³-hybridized carbons (Fsp3) is 0.192. The average Bonchev–Trinajstić information content (AvgIpc) is 2.79. The summed E-state index contributed by atoms with van der Waals surface area (Å²) >= 11 is 11.9. The number of amides is 3. The summed E-state index contributed by atoms with van der Waals surface area (Å²) < 4.78 is 0. The van der Waals surface area contributed by atoms with Gasteiger partial charge < -0.3 is 16.0 Å². The van der Waals surface area contributed by atoms with Crippen molar-refractivity contribution in [2.75, 3.05) is 5.32 Å². The van der Waals surface area contributed by atoms with Crippen molar-refractivity contribution >= 4 is 46.6 Å². The van der Waals surface area contributed by atoms with Gasteiger partial charge in [0.15, 0.2) is 0 Å². The lowest BCUT2D eigenvalue weighted by Gasteiger charge is -2.22. The summed E-state index contributed by atoms with van der Waals surface area (Å²) in [5.74, 6) is -1.34. The molecule has 0 bridgehead atoms. The molecule has 0 saturated heterocycles. The van der Waals surface area contributed by atoms with Gasteiger partial charge in [0.1, 0.15) is 12.1 Å². The van der Waals surface area contributed by atoms with E-state index in [1.807, 2.05) is 26.0 Å². The lowest BCUT2D eigenvalue weighted by molar-refractivity contribution is -0.127. The molecule has 176 valence electrons. The van der Waals surface area contributed by atoms with Gasteiger partial charge in [0.25, 0.3) is 5.91 Å². The Kier molecular flexibility index (Phi) is 8.31. The first-order valence-corrected chi connectivity index (χ1v) is 11.4. The van der Waals surface area contributed by atoms with Crippen molar-refractivity contribution in [2.45, 2.75) is 32.9 Å². The van der Waals surface area contributed by atoms with Crippen molar-refractivity contribution in [1.29, 1.82) is 0 Å². The number of hydrogen-bond donors (Lipinski definition) is 3.